The molecule has 0 amide bonds. The summed E-state index contributed by atoms with van der Waals surface area (Å²) in [7, 11) is 4.99. The number of carbonyl (C=O) groups excluding carboxylic acids is 2. The number of ketones is 1. The molecule has 1 aromatic carbocycles. The summed E-state index contributed by atoms with van der Waals surface area (Å²) >= 11 is 0. The predicted molar refractivity (Wildman–Crippen MR) is 87.2 cm³/mol. The van der Waals surface area contributed by atoms with Gasteiger partial charge in [-0.2, -0.15) is 0 Å². The molecule has 1 N–H and O–H groups in total. The molecular weight excluding hydrogens is 294 g/mol. The fourth-order valence-electron chi connectivity index (χ4n) is 3.26. The molecule has 0 fully saturated rings. The van der Waals surface area contributed by atoms with Gasteiger partial charge in [-0.15, -0.1) is 0 Å². The van der Waals surface area contributed by atoms with Crippen LogP contribution in [0.25, 0.3) is 0 Å². The normalized spacial score (nSPS) is 21.4. The van der Waals surface area contributed by atoms with Gasteiger partial charge in [-0.3, -0.25) is 4.79 Å². The molecule has 124 valence electrons. The number of hydrogen-bond acceptors (Lipinski definition) is 5. The number of aliphatic hydroxyl groups excluding tert-OH is 1. The van der Waals surface area contributed by atoms with Crippen molar-refractivity contribution in [2.24, 2.45) is 0 Å². The number of aliphatic hydroxyl groups is 1. The monoisotopic (exact) mass is 317 g/mol. The maximum Gasteiger partial charge on any atom is 0.375 e. The van der Waals surface area contributed by atoms with Crippen LogP contribution in [0.1, 0.15) is 24.8 Å². The molecule has 5 heteroatoms. The topological polar surface area (TPSA) is 66.8 Å². The highest BCUT2D eigenvalue weighted by Crippen LogP contribution is 2.43. The Morgan fingerprint density at radius 3 is 2.48 bits per heavy atom. The Hall–Kier alpha value is -2.14. The van der Waals surface area contributed by atoms with Crippen molar-refractivity contribution in [1.29, 1.82) is 0 Å². The van der Waals surface area contributed by atoms with Gasteiger partial charge in [0.2, 0.25) is 0 Å². The van der Waals surface area contributed by atoms with E-state index in [2.05, 4.69) is 4.74 Å². The number of carbonyl (C=O) groups is 2. The molecule has 0 heterocycles. The number of ether oxygens (including phenoxy) is 1. The smallest absolute Gasteiger partial charge is 0.375 e. The molecule has 0 spiro atoms. The molecule has 1 aliphatic carbocycles. The lowest BCUT2D eigenvalue weighted by Gasteiger charge is -2.36. The Kier molecular flexibility index (Phi) is 5.21. The second-order valence-electron chi connectivity index (χ2n) is 6.14. The van der Waals surface area contributed by atoms with Crippen molar-refractivity contribution in [2.75, 3.05) is 27.7 Å². The van der Waals surface area contributed by atoms with Gasteiger partial charge in [-0.25, -0.2) is 4.79 Å². The van der Waals surface area contributed by atoms with Gasteiger partial charge in [0.05, 0.1) is 7.11 Å². The van der Waals surface area contributed by atoms with Gasteiger partial charge in [0.1, 0.15) is 11.2 Å². The van der Waals surface area contributed by atoms with Crippen molar-refractivity contribution in [1.82, 2.24) is 4.90 Å². The quantitative estimate of drug-likeness (QED) is 0.666. The molecule has 0 radical (unpaired) electrons. The number of benzene rings is 1. The van der Waals surface area contributed by atoms with E-state index in [9.17, 15) is 14.7 Å². The van der Waals surface area contributed by atoms with Crippen LogP contribution in [0.3, 0.4) is 0 Å². The van der Waals surface area contributed by atoms with Crippen molar-refractivity contribution in [3.05, 3.63) is 47.2 Å². The SMILES string of the molecule is COC(=O)C(=O)C1(c2ccccc2)CCCC(CN(C)C)=C1O. The lowest BCUT2D eigenvalue weighted by atomic mass is 9.67. The van der Waals surface area contributed by atoms with Crippen molar-refractivity contribution in [3.8, 4) is 0 Å². The highest BCUT2D eigenvalue weighted by atomic mass is 16.5. The maximum atomic E-state index is 12.8. The summed E-state index contributed by atoms with van der Waals surface area (Å²) in [6, 6.07) is 8.99. The molecule has 1 atom stereocenters. The fraction of sp³-hybridized carbons (Fsp3) is 0.444. The van der Waals surface area contributed by atoms with Gasteiger partial charge in [0.15, 0.2) is 0 Å². The first-order valence-corrected chi connectivity index (χ1v) is 7.68. The number of likely N-dealkylation sites (N-methyl/N-ethyl adjacent to an activating group) is 1. The molecular formula is C18H23NO4. The van der Waals surface area contributed by atoms with E-state index in [-0.39, 0.29) is 5.76 Å². The molecule has 0 saturated heterocycles. The Balaban J connectivity index is 2.63. The highest BCUT2D eigenvalue weighted by Gasteiger charge is 2.50. The van der Waals surface area contributed by atoms with E-state index in [1.54, 1.807) is 24.3 Å². The number of hydrogen-bond donors (Lipinski definition) is 1. The minimum atomic E-state index is -1.34. The summed E-state index contributed by atoms with van der Waals surface area (Å²) in [5.41, 5.74) is 0.0870. The van der Waals surface area contributed by atoms with E-state index < -0.39 is 17.2 Å². The number of allylic oxidation sites excluding steroid dienone is 1. The van der Waals surface area contributed by atoms with E-state index in [0.717, 1.165) is 12.0 Å². The summed E-state index contributed by atoms with van der Waals surface area (Å²) in [6.07, 6.45) is 1.84. The standard InChI is InChI=1S/C18H23NO4/c1-19(2)12-13-8-7-11-18(15(13)20,16(21)17(22)23-3)14-9-5-4-6-10-14/h4-6,9-10,20H,7-8,11-12H2,1-3H3. The Labute approximate surface area is 136 Å². The number of Topliss-reactive ketones (excluding diaryl/α,β-unsaturated/α-hetero) is 1. The first-order chi connectivity index (χ1) is 10.9. The van der Waals surface area contributed by atoms with Gasteiger partial charge in [-0.1, -0.05) is 30.3 Å². The van der Waals surface area contributed by atoms with Gasteiger partial charge in [-0.05, 0) is 44.5 Å². The summed E-state index contributed by atoms with van der Waals surface area (Å²) in [5, 5.41) is 10.9. The van der Waals surface area contributed by atoms with Crippen molar-refractivity contribution >= 4 is 11.8 Å². The fourth-order valence-corrected chi connectivity index (χ4v) is 3.26. The first-order valence-electron chi connectivity index (χ1n) is 7.68. The number of esters is 1. The van der Waals surface area contributed by atoms with E-state index in [1.807, 2.05) is 25.1 Å². The van der Waals surface area contributed by atoms with E-state index in [1.165, 1.54) is 7.11 Å². The Bertz CT molecular complexity index is 621. The van der Waals surface area contributed by atoms with Crippen LogP contribution in [-0.2, 0) is 19.7 Å². The molecule has 1 aromatic rings. The molecule has 1 aliphatic rings. The second kappa shape index (κ2) is 6.96. The van der Waals surface area contributed by atoms with E-state index >= 15 is 0 Å². The third kappa shape index (κ3) is 3.15. The van der Waals surface area contributed by atoms with Crippen LogP contribution < -0.4 is 0 Å². The average Bonchev–Trinajstić information content (AvgIpc) is 2.56. The van der Waals surface area contributed by atoms with Crippen LogP contribution in [0.4, 0.5) is 0 Å². The average molecular weight is 317 g/mol. The molecule has 0 saturated carbocycles. The Morgan fingerprint density at radius 2 is 1.91 bits per heavy atom. The zero-order chi connectivity index (χ0) is 17.0. The minimum absolute atomic E-state index is 0.000880. The van der Waals surface area contributed by atoms with Crippen LogP contribution in [0.2, 0.25) is 0 Å². The molecule has 1 unspecified atom stereocenters. The summed E-state index contributed by atoms with van der Waals surface area (Å²) in [5.74, 6) is -1.63. The number of nitrogens with zero attached hydrogens (tertiary/aromatic N) is 1. The van der Waals surface area contributed by atoms with Crippen LogP contribution in [0.15, 0.2) is 41.7 Å². The molecule has 23 heavy (non-hydrogen) atoms. The molecule has 0 bridgehead atoms. The zero-order valence-corrected chi connectivity index (χ0v) is 13.8. The minimum Gasteiger partial charge on any atom is -0.511 e. The van der Waals surface area contributed by atoms with E-state index in [0.29, 0.717) is 24.9 Å². The summed E-state index contributed by atoms with van der Waals surface area (Å²) < 4.78 is 4.64. The van der Waals surface area contributed by atoms with E-state index in [4.69, 9.17) is 0 Å². The summed E-state index contributed by atoms with van der Waals surface area (Å²) in [6.45, 7) is 0.550. The third-order valence-corrected chi connectivity index (χ3v) is 4.30. The predicted octanol–water partition coefficient (Wildman–Crippen LogP) is 2.22. The van der Waals surface area contributed by atoms with Crippen LogP contribution >= 0.6 is 0 Å². The summed E-state index contributed by atoms with van der Waals surface area (Å²) in [4.78, 5) is 26.7. The maximum absolute atomic E-state index is 12.8. The van der Waals surface area contributed by atoms with Gasteiger partial charge in [0.25, 0.3) is 5.78 Å². The number of rotatable bonds is 5. The zero-order valence-electron chi connectivity index (χ0n) is 13.8. The second-order valence-corrected chi connectivity index (χ2v) is 6.14. The molecule has 5 nitrogen and oxygen atoms in total. The van der Waals surface area contributed by atoms with Crippen molar-refractivity contribution < 1.29 is 19.4 Å². The molecule has 0 aliphatic heterocycles. The number of methoxy groups -OCH3 is 1. The van der Waals surface area contributed by atoms with Crippen LogP contribution in [0, 0.1) is 0 Å². The lowest BCUT2D eigenvalue weighted by molar-refractivity contribution is -0.154. The third-order valence-electron chi connectivity index (χ3n) is 4.30. The van der Waals surface area contributed by atoms with Gasteiger partial charge >= 0.3 is 5.97 Å². The van der Waals surface area contributed by atoms with Crippen LogP contribution in [0.5, 0.6) is 0 Å². The largest absolute Gasteiger partial charge is 0.511 e. The van der Waals surface area contributed by atoms with Gasteiger partial charge in [0, 0.05) is 6.54 Å². The van der Waals surface area contributed by atoms with Crippen LogP contribution in [-0.4, -0.2) is 49.5 Å². The first kappa shape index (κ1) is 17.2. The Morgan fingerprint density at radius 1 is 1.26 bits per heavy atom. The molecule has 0 aromatic heterocycles. The molecule has 2 rings (SSSR count). The highest BCUT2D eigenvalue weighted by molar-refractivity contribution is 6.38. The van der Waals surface area contributed by atoms with Crippen molar-refractivity contribution in [2.45, 2.75) is 24.7 Å². The van der Waals surface area contributed by atoms with Crippen molar-refractivity contribution in [3.63, 3.8) is 0 Å². The van der Waals surface area contributed by atoms with Gasteiger partial charge < -0.3 is 14.7 Å². The lowest BCUT2D eigenvalue weighted by Crippen LogP contribution is -2.45.